The van der Waals surface area contributed by atoms with Crippen LogP contribution >= 0.6 is 0 Å². The van der Waals surface area contributed by atoms with Crippen LogP contribution in [0.2, 0.25) is 0 Å². The minimum atomic E-state index is -0.290. The molecule has 2 fully saturated rings. The highest BCUT2D eigenvalue weighted by molar-refractivity contribution is 5.80. The average molecular weight is 338 g/mol. The molecule has 2 saturated carbocycles. The molecule has 2 amide bonds. The van der Waals surface area contributed by atoms with Crippen molar-refractivity contribution in [1.82, 2.24) is 10.6 Å². The van der Waals surface area contributed by atoms with Gasteiger partial charge < -0.3 is 16.4 Å². The summed E-state index contributed by atoms with van der Waals surface area (Å²) in [5.41, 5.74) is 5.96. The van der Waals surface area contributed by atoms with Crippen LogP contribution in [0.1, 0.15) is 78.1 Å². The third kappa shape index (κ3) is 5.20. The lowest BCUT2D eigenvalue weighted by molar-refractivity contribution is -0.127. The first kappa shape index (κ1) is 19.2. The topological polar surface area (TPSA) is 84.2 Å². The molecule has 2 aliphatic carbocycles. The highest BCUT2D eigenvalue weighted by Gasteiger charge is 2.30. The van der Waals surface area contributed by atoms with Crippen molar-refractivity contribution in [3.05, 3.63) is 0 Å². The second-order valence-corrected chi connectivity index (χ2v) is 7.83. The molecule has 0 saturated heterocycles. The van der Waals surface area contributed by atoms with Crippen LogP contribution in [0.5, 0.6) is 0 Å². The monoisotopic (exact) mass is 337 g/mol. The van der Waals surface area contributed by atoms with Gasteiger partial charge in [0.15, 0.2) is 0 Å². The first-order chi connectivity index (χ1) is 11.5. The Hall–Kier alpha value is -1.10. The third-order valence-electron chi connectivity index (χ3n) is 6.19. The Balaban J connectivity index is 1.69. The first-order valence-corrected chi connectivity index (χ1v) is 9.84. The molecule has 0 atom stereocenters. The summed E-state index contributed by atoms with van der Waals surface area (Å²) in [7, 11) is 0. The van der Waals surface area contributed by atoms with Crippen molar-refractivity contribution in [2.75, 3.05) is 6.54 Å². The molecular weight excluding hydrogens is 302 g/mol. The predicted octanol–water partition coefficient (Wildman–Crippen LogP) is 2.49. The number of nitrogens with one attached hydrogen (secondary N) is 2. The lowest BCUT2D eigenvalue weighted by Gasteiger charge is -2.31. The van der Waals surface area contributed by atoms with Crippen LogP contribution in [0.3, 0.4) is 0 Å². The predicted molar refractivity (Wildman–Crippen MR) is 96.4 cm³/mol. The second kappa shape index (κ2) is 8.84. The Morgan fingerprint density at radius 2 is 1.46 bits per heavy atom. The van der Waals surface area contributed by atoms with Gasteiger partial charge in [-0.3, -0.25) is 9.59 Å². The SMILES string of the molecule is CCC(N)(CC)CNC(=O)C1CCC(NC(=O)C2CCCC2)CC1. The van der Waals surface area contributed by atoms with Gasteiger partial charge in [-0.2, -0.15) is 0 Å². The number of nitrogens with two attached hydrogens (primary N) is 1. The summed E-state index contributed by atoms with van der Waals surface area (Å²) in [5, 5.41) is 6.25. The molecule has 0 aliphatic heterocycles. The lowest BCUT2D eigenvalue weighted by Crippen LogP contribution is -2.51. The first-order valence-electron chi connectivity index (χ1n) is 9.84. The summed E-state index contributed by atoms with van der Waals surface area (Å²) in [6.07, 6.45) is 9.71. The van der Waals surface area contributed by atoms with Gasteiger partial charge >= 0.3 is 0 Å². The van der Waals surface area contributed by atoms with Crippen LogP contribution in [-0.2, 0) is 9.59 Å². The maximum Gasteiger partial charge on any atom is 0.223 e. The molecule has 2 rings (SSSR count). The number of carbonyl (C=O) groups is 2. The van der Waals surface area contributed by atoms with E-state index in [9.17, 15) is 9.59 Å². The minimum Gasteiger partial charge on any atom is -0.354 e. The Labute approximate surface area is 146 Å². The van der Waals surface area contributed by atoms with E-state index in [1.807, 2.05) is 0 Å². The highest BCUT2D eigenvalue weighted by atomic mass is 16.2. The average Bonchev–Trinajstić information content (AvgIpc) is 3.15. The zero-order valence-corrected chi connectivity index (χ0v) is 15.4. The molecular formula is C19H35N3O2. The van der Waals surface area contributed by atoms with E-state index in [1.165, 1.54) is 12.8 Å². The smallest absolute Gasteiger partial charge is 0.223 e. The van der Waals surface area contributed by atoms with E-state index in [1.54, 1.807) is 0 Å². The minimum absolute atomic E-state index is 0.0718. The zero-order valence-electron chi connectivity index (χ0n) is 15.4. The van der Waals surface area contributed by atoms with Crippen molar-refractivity contribution in [3.63, 3.8) is 0 Å². The third-order valence-corrected chi connectivity index (χ3v) is 6.19. The fourth-order valence-electron chi connectivity index (χ4n) is 3.91. The Bertz CT molecular complexity index is 420. The second-order valence-electron chi connectivity index (χ2n) is 7.83. The summed E-state index contributed by atoms with van der Waals surface area (Å²) in [4.78, 5) is 24.6. The van der Waals surface area contributed by atoms with Crippen molar-refractivity contribution in [3.8, 4) is 0 Å². The molecule has 24 heavy (non-hydrogen) atoms. The highest BCUT2D eigenvalue weighted by Crippen LogP contribution is 2.28. The molecule has 4 N–H and O–H groups in total. The normalized spacial score (nSPS) is 25.5. The van der Waals surface area contributed by atoms with E-state index >= 15 is 0 Å². The Kier molecular flexibility index (Phi) is 7.08. The van der Waals surface area contributed by atoms with E-state index < -0.39 is 0 Å². The Morgan fingerprint density at radius 1 is 0.917 bits per heavy atom. The van der Waals surface area contributed by atoms with Crippen molar-refractivity contribution in [2.24, 2.45) is 17.6 Å². The van der Waals surface area contributed by atoms with Gasteiger partial charge in [0.05, 0.1) is 0 Å². The molecule has 5 heteroatoms. The fraction of sp³-hybridized carbons (Fsp3) is 0.895. The molecule has 0 radical (unpaired) electrons. The number of hydrogen-bond acceptors (Lipinski definition) is 3. The molecule has 5 nitrogen and oxygen atoms in total. The quantitative estimate of drug-likeness (QED) is 0.667. The molecule has 2 aliphatic rings. The van der Waals surface area contributed by atoms with E-state index in [0.717, 1.165) is 51.4 Å². The van der Waals surface area contributed by atoms with Crippen LogP contribution in [0.4, 0.5) is 0 Å². The molecule has 0 aromatic rings. The molecule has 0 unspecified atom stereocenters. The van der Waals surface area contributed by atoms with Gasteiger partial charge in [-0.05, 0) is 51.4 Å². The standard InChI is InChI=1S/C19H35N3O2/c1-3-19(20,4-2)13-21-17(23)15-9-11-16(12-10-15)22-18(24)14-7-5-6-8-14/h14-16H,3-13,20H2,1-2H3,(H,21,23)(H,22,24). The van der Waals surface area contributed by atoms with E-state index in [0.29, 0.717) is 6.54 Å². The molecule has 0 aromatic heterocycles. The van der Waals surface area contributed by atoms with Gasteiger partial charge in [0.25, 0.3) is 0 Å². The number of carbonyl (C=O) groups excluding carboxylic acids is 2. The summed E-state index contributed by atoms with van der Waals surface area (Å²) < 4.78 is 0. The van der Waals surface area contributed by atoms with Gasteiger partial charge in [0.1, 0.15) is 0 Å². The van der Waals surface area contributed by atoms with Crippen LogP contribution < -0.4 is 16.4 Å². The number of amides is 2. The van der Waals surface area contributed by atoms with Crippen molar-refractivity contribution >= 4 is 11.8 Å². The molecule has 0 heterocycles. The molecule has 0 bridgehead atoms. The lowest BCUT2D eigenvalue weighted by atomic mass is 9.85. The van der Waals surface area contributed by atoms with E-state index in [-0.39, 0.29) is 35.2 Å². The van der Waals surface area contributed by atoms with E-state index in [2.05, 4.69) is 24.5 Å². The van der Waals surface area contributed by atoms with Gasteiger partial charge in [-0.15, -0.1) is 0 Å². The molecule has 0 spiro atoms. The summed E-state index contributed by atoms with van der Waals surface area (Å²) in [5.74, 6) is 0.667. The molecule has 138 valence electrons. The van der Waals surface area contributed by atoms with Gasteiger partial charge in [0, 0.05) is 30.0 Å². The van der Waals surface area contributed by atoms with Gasteiger partial charge in [0.2, 0.25) is 11.8 Å². The summed E-state index contributed by atoms with van der Waals surface area (Å²) in [6, 6.07) is 0.252. The number of hydrogen-bond donors (Lipinski definition) is 3. The maximum atomic E-state index is 12.4. The Morgan fingerprint density at radius 3 is 2.00 bits per heavy atom. The van der Waals surface area contributed by atoms with Crippen LogP contribution in [0, 0.1) is 11.8 Å². The van der Waals surface area contributed by atoms with Gasteiger partial charge in [-0.25, -0.2) is 0 Å². The largest absolute Gasteiger partial charge is 0.354 e. The van der Waals surface area contributed by atoms with Crippen LogP contribution in [0.15, 0.2) is 0 Å². The van der Waals surface area contributed by atoms with Crippen LogP contribution in [0.25, 0.3) is 0 Å². The maximum absolute atomic E-state index is 12.4. The van der Waals surface area contributed by atoms with Gasteiger partial charge in [-0.1, -0.05) is 26.7 Å². The fourth-order valence-corrected chi connectivity index (χ4v) is 3.91. The summed E-state index contributed by atoms with van der Waals surface area (Å²) >= 11 is 0. The van der Waals surface area contributed by atoms with Crippen molar-refractivity contribution in [2.45, 2.75) is 89.6 Å². The van der Waals surface area contributed by atoms with Crippen molar-refractivity contribution in [1.29, 1.82) is 0 Å². The van der Waals surface area contributed by atoms with Crippen LogP contribution in [-0.4, -0.2) is 29.9 Å². The molecule has 0 aromatic carbocycles. The summed E-state index contributed by atoms with van der Waals surface area (Å²) in [6.45, 7) is 4.68. The number of rotatable bonds is 7. The zero-order chi connectivity index (χ0) is 17.6. The van der Waals surface area contributed by atoms with E-state index in [4.69, 9.17) is 5.73 Å². The van der Waals surface area contributed by atoms with Crippen molar-refractivity contribution < 1.29 is 9.59 Å².